The molecule has 0 unspecified atom stereocenters. The second kappa shape index (κ2) is 5.76. The lowest BCUT2D eigenvalue weighted by Crippen LogP contribution is -2.41. The van der Waals surface area contributed by atoms with Gasteiger partial charge in [0.15, 0.2) is 0 Å². The molecule has 0 bridgehead atoms. The topological polar surface area (TPSA) is 83.8 Å². The summed E-state index contributed by atoms with van der Waals surface area (Å²) in [6.07, 6.45) is 2.94. The molecule has 5 rings (SSSR count). The largest absolute Gasteiger partial charge is 0.325 e. The Bertz CT molecular complexity index is 1220. The van der Waals surface area contributed by atoms with Gasteiger partial charge in [0.25, 0.3) is 11.5 Å². The van der Waals surface area contributed by atoms with Gasteiger partial charge in [-0.3, -0.25) is 18.9 Å². The molecular formula is C21H18N4O3. The number of amides is 3. The van der Waals surface area contributed by atoms with Crippen molar-refractivity contribution in [1.29, 1.82) is 0 Å². The zero-order valence-electron chi connectivity index (χ0n) is 15.3. The summed E-state index contributed by atoms with van der Waals surface area (Å²) in [5.74, 6) is -0.283. The molecule has 3 aromatic rings. The molecule has 0 saturated carbocycles. The third-order valence-corrected chi connectivity index (χ3v) is 5.68. The highest BCUT2D eigenvalue weighted by molar-refractivity contribution is 6.08. The highest BCUT2D eigenvalue weighted by Crippen LogP contribution is 2.41. The Balaban J connectivity index is 1.53. The van der Waals surface area contributed by atoms with Crippen LogP contribution in [0.2, 0.25) is 0 Å². The van der Waals surface area contributed by atoms with Crippen molar-refractivity contribution in [2.75, 3.05) is 0 Å². The summed E-state index contributed by atoms with van der Waals surface area (Å²) in [6, 6.07) is 12.3. The van der Waals surface area contributed by atoms with Crippen molar-refractivity contribution in [1.82, 2.24) is 19.6 Å². The van der Waals surface area contributed by atoms with Crippen molar-refractivity contribution in [3.05, 3.63) is 81.4 Å². The molecule has 1 fully saturated rings. The predicted octanol–water partition coefficient (Wildman–Crippen LogP) is 1.90. The molecule has 28 heavy (non-hydrogen) atoms. The summed E-state index contributed by atoms with van der Waals surface area (Å²) in [5.41, 5.74) is 2.46. The lowest BCUT2D eigenvalue weighted by molar-refractivity contribution is -0.132. The van der Waals surface area contributed by atoms with Crippen LogP contribution in [0.3, 0.4) is 0 Å². The first-order valence-corrected chi connectivity index (χ1v) is 9.20. The molecule has 140 valence electrons. The normalized spacial score (nSPS) is 20.8. The van der Waals surface area contributed by atoms with Crippen molar-refractivity contribution in [2.24, 2.45) is 0 Å². The number of fused-ring (bicyclic) bond motifs is 3. The van der Waals surface area contributed by atoms with E-state index < -0.39 is 11.6 Å². The molecule has 1 aliphatic carbocycles. The van der Waals surface area contributed by atoms with E-state index in [2.05, 4.69) is 10.3 Å². The summed E-state index contributed by atoms with van der Waals surface area (Å²) >= 11 is 0. The summed E-state index contributed by atoms with van der Waals surface area (Å²) in [7, 11) is 0. The van der Waals surface area contributed by atoms with Crippen LogP contribution in [0, 0.1) is 6.92 Å². The molecule has 3 amide bonds. The van der Waals surface area contributed by atoms with Crippen LogP contribution in [0.5, 0.6) is 0 Å². The monoisotopic (exact) mass is 374 g/mol. The molecule has 1 spiro atoms. The number of carbonyl (C=O) groups excluding carboxylic acids is 2. The maximum atomic E-state index is 13.3. The van der Waals surface area contributed by atoms with Gasteiger partial charge >= 0.3 is 6.03 Å². The van der Waals surface area contributed by atoms with E-state index in [0.29, 0.717) is 17.8 Å². The lowest BCUT2D eigenvalue weighted by atomic mass is 9.92. The molecule has 2 aromatic heterocycles. The van der Waals surface area contributed by atoms with Crippen LogP contribution < -0.4 is 10.9 Å². The van der Waals surface area contributed by atoms with Crippen molar-refractivity contribution in [2.45, 2.75) is 31.8 Å². The second-order valence-electron chi connectivity index (χ2n) is 7.35. The summed E-state index contributed by atoms with van der Waals surface area (Å²) < 4.78 is 1.46. The standard InChI is InChI=1S/C21H18N4O3/c1-13-5-4-10-24-17(26)11-15(22-18(13)24)12-25-19(27)21(23-20(25)28)9-8-14-6-2-3-7-16(14)21/h2-7,10-11H,8-9,12H2,1H3,(H,23,28)/t21-/m1/s1. The first kappa shape index (κ1) is 16.7. The Kier molecular flexibility index (Phi) is 3.43. The molecule has 1 saturated heterocycles. The van der Waals surface area contributed by atoms with Gasteiger partial charge in [0.1, 0.15) is 11.2 Å². The van der Waals surface area contributed by atoms with Crippen molar-refractivity contribution < 1.29 is 9.59 Å². The van der Waals surface area contributed by atoms with E-state index >= 15 is 0 Å². The molecule has 1 atom stereocenters. The number of hydrogen-bond donors (Lipinski definition) is 1. The van der Waals surface area contributed by atoms with Gasteiger partial charge in [-0.05, 0) is 42.5 Å². The lowest BCUT2D eigenvalue weighted by Gasteiger charge is -2.22. The first-order chi connectivity index (χ1) is 13.5. The summed E-state index contributed by atoms with van der Waals surface area (Å²) in [6.45, 7) is 1.83. The smallest absolute Gasteiger partial charge is 0.319 e. The highest BCUT2D eigenvalue weighted by atomic mass is 16.2. The van der Waals surface area contributed by atoms with E-state index in [-0.39, 0.29) is 18.0 Å². The zero-order chi connectivity index (χ0) is 19.5. The van der Waals surface area contributed by atoms with E-state index in [1.54, 1.807) is 12.3 Å². The highest BCUT2D eigenvalue weighted by Gasteiger charge is 2.55. The van der Waals surface area contributed by atoms with E-state index in [1.165, 1.54) is 15.4 Å². The third kappa shape index (κ3) is 2.22. The van der Waals surface area contributed by atoms with Crippen molar-refractivity contribution in [3.8, 4) is 0 Å². The minimum absolute atomic E-state index is 0.0331. The molecule has 1 aromatic carbocycles. The molecule has 2 aliphatic rings. The van der Waals surface area contributed by atoms with E-state index in [0.717, 1.165) is 23.1 Å². The number of nitrogens with zero attached hydrogens (tertiary/aromatic N) is 3. The van der Waals surface area contributed by atoms with Gasteiger partial charge in [-0.1, -0.05) is 30.3 Å². The van der Waals surface area contributed by atoms with Crippen LogP contribution in [0.4, 0.5) is 4.79 Å². The average Bonchev–Trinajstić information content (AvgIpc) is 3.16. The van der Waals surface area contributed by atoms with Gasteiger partial charge in [-0.2, -0.15) is 0 Å². The summed E-state index contributed by atoms with van der Waals surface area (Å²) in [4.78, 5) is 44.0. The Hall–Kier alpha value is -3.48. The number of pyridine rings is 1. The van der Waals surface area contributed by atoms with Gasteiger partial charge in [0.05, 0.1) is 12.2 Å². The predicted molar refractivity (Wildman–Crippen MR) is 102 cm³/mol. The van der Waals surface area contributed by atoms with Crippen LogP contribution >= 0.6 is 0 Å². The minimum atomic E-state index is -1.00. The summed E-state index contributed by atoms with van der Waals surface area (Å²) in [5, 5.41) is 2.90. The van der Waals surface area contributed by atoms with E-state index in [4.69, 9.17) is 0 Å². The number of rotatable bonds is 2. The Morgan fingerprint density at radius 3 is 2.82 bits per heavy atom. The fraction of sp³-hybridized carbons (Fsp3) is 0.238. The van der Waals surface area contributed by atoms with Crippen molar-refractivity contribution >= 4 is 17.6 Å². The second-order valence-corrected chi connectivity index (χ2v) is 7.35. The molecular weight excluding hydrogens is 356 g/mol. The number of urea groups is 1. The fourth-order valence-electron chi connectivity index (χ4n) is 4.29. The van der Waals surface area contributed by atoms with Crippen LogP contribution in [0.1, 0.15) is 28.8 Å². The molecule has 1 N–H and O–H groups in total. The first-order valence-electron chi connectivity index (χ1n) is 9.20. The van der Waals surface area contributed by atoms with Gasteiger partial charge in [-0.25, -0.2) is 9.78 Å². The fourth-order valence-corrected chi connectivity index (χ4v) is 4.29. The van der Waals surface area contributed by atoms with Crippen LogP contribution in [0.25, 0.3) is 5.65 Å². The maximum absolute atomic E-state index is 13.3. The number of aryl methyl sites for hydroxylation is 2. The molecule has 7 heteroatoms. The number of benzene rings is 1. The Morgan fingerprint density at radius 2 is 1.96 bits per heavy atom. The number of aromatic nitrogens is 2. The zero-order valence-corrected chi connectivity index (χ0v) is 15.3. The average molecular weight is 374 g/mol. The van der Waals surface area contributed by atoms with Crippen molar-refractivity contribution in [3.63, 3.8) is 0 Å². The number of nitrogens with one attached hydrogen (secondary N) is 1. The Labute approximate surface area is 160 Å². The number of imide groups is 1. The van der Waals surface area contributed by atoms with Gasteiger partial charge in [-0.15, -0.1) is 0 Å². The van der Waals surface area contributed by atoms with Crippen LogP contribution in [-0.2, 0) is 23.3 Å². The quantitative estimate of drug-likeness (QED) is 0.695. The number of hydrogen-bond acceptors (Lipinski definition) is 4. The minimum Gasteiger partial charge on any atom is -0.319 e. The molecule has 0 radical (unpaired) electrons. The van der Waals surface area contributed by atoms with Crippen LogP contribution in [-0.4, -0.2) is 26.2 Å². The molecule has 1 aliphatic heterocycles. The third-order valence-electron chi connectivity index (χ3n) is 5.68. The Morgan fingerprint density at radius 1 is 1.14 bits per heavy atom. The van der Waals surface area contributed by atoms with E-state index in [1.807, 2.05) is 37.3 Å². The van der Waals surface area contributed by atoms with Crippen LogP contribution in [0.15, 0.2) is 53.5 Å². The number of carbonyl (C=O) groups is 2. The molecule has 7 nitrogen and oxygen atoms in total. The molecule has 3 heterocycles. The SMILES string of the molecule is Cc1cccn2c(=O)cc(CN3C(=O)N[C@@]4(CCc5ccccc54)C3=O)nc12. The van der Waals surface area contributed by atoms with Gasteiger partial charge < -0.3 is 5.32 Å². The maximum Gasteiger partial charge on any atom is 0.325 e. The van der Waals surface area contributed by atoms with E-state index in [9.17, 15) is 14.4 Å². The van der Waals surface area contributed by atoms with Gasteiger partial charge in [0, 0.05) is 12.3 Å². The van der Waals surface area contributed by atoms with Gasteiger partial charge in [0.2, 0.25) is 0 Å².